The van der Waals surface area contributed by atoms with Crippen LogP contribution in [0.15, 0.2) is 16.9 Å². The van der Waals surface area contributed by atoms with Gasteiger partial charge in [-0.15, -0.1) is 0 Å². The Morgan fingerprint density at radius 1 is 1.43 bits per heavy atom. The first kappa shape index (κ1) is 15.0. The first-order valence-electron chi connectivity index (χ1n) is 6.64. The van der Waals surface area contributed by atoms with Gasteiger partial charge < -0.3 is 15.4 Å². The van der Waals surface area contributed by atoms with Gasteiger partial charge in [0.15, 0.2) is 0 Å². The van der Waals surface area contributed by atoms with E-state index in [1.54, 1.807) is 7.05 Å². The lowest BCUT2D eigenvalue weighted by Crippen LogP contribution is -2.21. The highest BCUT2D eigenvalue weighted by Crippen LogP contribution is 2.21. The van der Waals surface area contributed by atoms with E-state index in [4.69, 9.17) is 0 Å². The van der Waals surface area contributed by atoms with E-state index in [0.29, 0.717) is 17.6 Å². The second kappa shape index (κ2) is 5.55. The summed E-state index contributed by atoms with van der Waals surface area (Å²) in [6, 6.07) is 2.53. The lowest BCUT2D eigenvalue weighted by molar-refractivity contribution is 0.0694. The van der Waals surface area contributed by atoms with Gasteiger partial charge in [-0.05, 0) is 24.5 Å². The number of aromatic carboxylic acids is 1. The number of benzene rings is 1. The van der Waals surface area contributed by atoms with E-state index in [-0.39, 0.29) is 22.6 Å². The molecule has 2 aromatic rings. The standard InChI is InChI=1S/C15H17FN2O3/c1-7(2)4-12-13(15(20)21)14(19)8-5-9(16)11(17-3)6-10(8)18-12/h5-7,17H,4H2,1-3H3,(H,18,19)(H,20,21). The van der Waals surface area contributed by atoms with E-state index in [0.717, 1.165) is 6.07 Å². The summed E-state index contributed by atoms with van der Waals surface area (Å²) in [4.78, 5) is 26.6. The van der Waals surface area contributed by atoms with Crippen molar-refractivity contribution < 1.29 is 14.3 Å². The Hall–Kier alpha value is -2.37. The number of hydrogen-bond donors (Lipinski definition) is 3. The molecule has 1 aromatic heterocycles. The van der Waals surface area contributed by atoms with Gasteiger partial charge in [0.1, 0.15) is 11.4 Å². The molecule has 0 saturated heterocycles. The molecule has 1 heterocycles. The van der Waals surface area contributed by atoms with Crippen LogP contribution in [0.5, 0.6) is 0 Å². The molecular weight excluding hydrogens is 275 g/mol. The number of nitrogens with one attached hydrogen (secondary N) is 2. The van der Waals surface area contributed by atoms with E-state index in [2.05, 4.69) is 10.3 Å². The van der Waals surface area contributed by atoms with Crippen LogP contribution in [0.1, 0.15) is 29.9 Å². The van der Waals surface area contributed by atoms with Crippen LogP contribution in [0.3, 0.4) is 0 Å². The molecule has 1 aromatic carbocycles. The highest BCUT2D eigenvalue weighted by molar-refractivity contribution is 5.94. The summed E-state index contributed by atoms with van der Waals surface area (Å²) >= 11 is 0. The Labute approximate surface area is 120 Å². The van der Waals surface area contributed by atoms with Crippen molar-refractivity contribution in [2.75, 3.05) is 12.4 Å². The third-order valence-corrected chi connectivity index (χ3v) is 3.26. The molecule has 0 bridgehead atoms. The first-order chi connectivity index (χ1) is 9.85. The molecule has 0 aliphatic rings. The van der Waals surface area contributed by atoms with Gasteiger partial charge in [0.2, 0.25) is 5.43 Å². The van der Waals surface area contributed by atoms with E-state index in [1.807, 2.05) is 13.8 Å². The highest BCUT2D eigenvalue weighted by Gasteiger charge is 2.20. The number of H-pyrrole nitrogens is 1. The minimum atomic E-state index is -1.30. The molecule has 0 spiro atoms. The molecule has 3 N–H and O–H groups in total. The molecule has 0 atom stereocenters. The maximum Gasteiger partial charge on any atom is 0.341 e. The Morgan fingerprint density at radius 2 is 2.10 bits per heavy atom. The lowest BCUT2D eigenvalue weighted by atomic mass is 10.0. The number of rotatable bonds is 4. The Kier molecular flexibility index (Phi) is 3.97. The van der Waals surface area contributed by atoms with Crippen molar-refractivity contribution in [2.45, 2.75) is 20.3 Å². The number of fused-ring (bicyclic) bond motifs is 1. The van der Waals surface area contributed by atoms with Gasteiger partial charge in [0.25, 0.3) is 0 Å². The summed E-state index contributed by atoms with van der Waals surface area (Å²) in [6.45, 7) is 3.86. The summed E-state index contributed by atoms with van der Waals surface area (Å²) in [6.07, 6.45) is 0.430. The zero-order valence-electron chi connectivity index (χ0n) is 12.1. The molecule has 5 nitrogen and oxygen atoms in total. The zero-order valence-corrected chi connectivity index (χ0v) is 12.1. The van der Waals surface area contributed by atoms with Gasteiger partial charge in [-0.25, -0.2) is 9.18 Å². The van der Waals surface area contributed by atoms with Crippen LogP contribution in [0, 0.1) is 11.7 Å². The maximum absolute atomic E-state index is 13.8. The van der Waals surface area contributed by atoms with Gasteiger partial charge >= 0.3 is 5.97 Å². The predicted octanol–water partition coefficient (Wildman–Crippen LogP) is 2.61. The molecule has 0 amide bonds. The van der Waals surface area contributed by atoms with Crippen LogP contribution in [-0.4, -0.2) is 23.1 Å². The summed E-state index contributed by atoms with van der Waals surface area (Å²) < 4.78 is 13.8. The molecule has 0 radical (unpaired) electrons. The minimum absolute atomic E-state index is 0.0383. The van der Waals surface area contributed by atoms with Crippen molar-refractivity contribution in [1.82, 2.24) is 4.98 Å². The maximum atomic E-state index is 13.8. The molecule has 0 aliphatic heterocycles. The summed E-state index contributed by atoms with van der Waals surface area (Å²) in [5, 5.41) is 12.0. The Morgan fingerprint density at radius 3 is 2.62 bits per heavy atom. The number of pyridine rings is 1. The molecule has 112 valence electrons. The van der Waals surface area contributed by atoms with Crippen LogP contribution in [0.4, 0.5) is 10.1 Å². The molecule has 6 heteroatoms. The minimum Gasteiger partial charge on any atom is -0.477 e. The van der Waals surface area contributed by atoms with Crippen molar-refractivity contribution in [3.63, 3.8) is 0 Å². The van der Waals surface area contributed by atoms with E-state index >= 15 is 0 Å². The summed E-state index contributed by atoms with van der Waals surface area (Å²) in [7, 11) is 1.57. The van der Waals surface area contributed by atoms with E-state index in [1.165, 1.54) is 6.07 Å². The fourth-order valence-electron chi connectivity index (χ4n) is 2.34. The summed E-state index contributed by atoms with van der Waals surface area (Å²) in [5.74, 6) is -1.71. The third-order valence-electron chi connectivity index (χ3n) is 3.26. The number of carboxylic acid groups (broad SMARTS) is 1. The topological polar surface area (TPSA) is 82.2 Å². The molecule has 0 unspecified atom stereocenters. The fraction of sp³-hybridized carbons (Fsp3) is 0.333. The van der Waals surface area contributed by atoms with Gasteiger partial charge in [-0.2, -0.15) is 0 Å². The molecule has 21 heavy (non-hydrogen) atoms. The highest BCUT2D eigenvalue weighted by atomic mass is 19.1. The van der Waals surface area contributed by atoms with Crippen molar-refractivity contribution in [1.29, 1.82) is 0 Å². The van der Waals surface area contributed by atoms with E-state index < -0.39 is 17.2 Å². The number of halogens is 1. The van der Waals surface area contributed by atoms with Crippen molar-refractivity contribution in [3.05, 3.63) is 39.4 Å². The Bertz CT molecular complexity index is 766. The molecule has 0 fully saturated rings. The van der Waals surface area contributed by atoms with Crippen LogP contribution >= 0.6 is 0 Å². The SMILES string of the molecule is CNc1cc2[nH]c(CC(C)C)c(C(=O)O)c(=O)c2cc1F. The second-order valence-corrected chi connectivity index (χ2v) is 5.34. The van der Waals surface area contributed by atoms with Gasteiger partial charge in [-0.1, -0.05) is 13.8 Å². The lowest BCUT2D eigenvalue weighted by Gasteiger charge is -2.12. The summed E-state index contributed by atoms with van der Waals surface area (Å²) in [5.41, 5.74) is 0.0630. The molecule has 0 saturated carbocycles. The average molecular weight is 292 g/mol. The first-order valence-corrected chi connectivity index (χ1v) is 6.64. The number of aromatic amines is 1. The zero-order chi connectivity index (χ0) is 15.7. The number of carbonyl (C=O) groups is 1. The molecule has 2 rings (SSSR count). The molecule has 0 aliphatic carbocycles. The fourth-order valence-corrected chi connectivity index (χ4v) is 2.34. The largest absolute Gasteiger partial charge is 0.477 e. The van der Waals surface area contributed by atoms with Crippen LogP contribution in [0.25, 0.3) is 10.9 Å². The van der Waals surface area contributed by atoms with Gasteiger partial charge in [0, 0.05) is 18.1 Å². The van der Waals surface area contributed by atoms with E-state index in [9.17, 15) is 19.1 Å². The molecular formula is C15H17FN2O3. The number of anilines is 1. The quantitative estimate of drug-likeness (QED) is 0.809. The van der Waals surface area contributed by atoms with Gasteiger partial charge in [-0.3, -0.25) is 4.79 Å². The van der Waals surface area contributed by atoms with Crippen molar-refractivity contribution in [3.8, 4) is 0 Å². The van der Waals surface area contributed by atoms with Crippen molar-refractivity contribution in [2.24, 2.45) is 5.92 Å². The van der Waals surface area contributed by atoms with Crippen LogP contribution < -0.4 is 10.7 Å². The average Bonchev–Trinajstić information content (AvgIpc) is 2.38. The van der Waals surface area contributed by atoms with Crippen LogP contribution in [-0.2, 0) is 6.42 Å². The third kappa shape index (κ3) is 2.74. The van der Waals surface area contributed by atoms with Gasteiger partial charge in [0.05, 0.1) is 11.2 Å². The normalized spacial score (nSPS) is 11.1. The monoisotopic (exact) mass is 292 g/mol. The number of aromatic nitrogens is 1. The second-order valence-electron chi connectivity index (χ2n) is 5.34. The smallest absolute Gasteiger partial charge is 0.341 e. The van der Waals surface area contributed by atoms with Crippen LogP contribution in [0.2, 0.25) is 0 Å². The van der Waals surface area contributed by atoms with Crippen molar-refractivity contribution >= 4 is 22.6 Å². The number of carboxylic acids is 1. The number of hydrogen-bond acceptors (Lipinski definition) is 3. The predicted molar refractivity (Wildman–Crippen MR) is 79.6 cm³/mol. The Balaban J connectivity index is 2.84.